The Morgan fingerprint density at radius 1 is 1.05 bits per heavy atom. The third kappa shape index (κ3) is 2.30. The largest absolute Gasteiger partial charge is 0.386 e. The maximum absolute atomic E-state index is 9.68. The highest BCUT2D eigenvalue weighted by Crippen LogP contribution is 2.44. The van der Waals surface area contributed by atoms with Gasteiger partial charge in [-0.3, -0.25) is 0 Å². The van der Waals surface area contributed by atoms with Gasteiger partial charge in [0.05, 0.1) is 17.1 Å². The molecule has 1 aliphatic rings. The third-order valence-electron chi connectivity index (χ3n) is 3.87. The van der Waals surface area contributed by atoms with Crippen LogP contribution >= 0.6 is 11.8 Å². The molecule has 0 aliphatic carbocycles. The molecule has 0 amide bonds. The van der Waals surface area contributed by atoms with Crippen molar-refractivity contribution in [3.8, 4) is 6.07 Å². The van der Waals surface area contributed by atoms with Gasteiger partial charge in [0.2, 0.25) is 0 Å². The average Bonchev–Trinajstić information content (AvgIpc) is 2.80. The summed E-state index contributed by atoms with van der Waals surface area (Å²) in [5, 5.41) is 10.4. The van der Waals surface area contributed by atoms with Crippen LogP contribution in [0.4, 0.5) is 0 Å². The topological polar surface area (TPSA) is 62.2 Å². The molecule has 22 heavy (non-hydrogen) atoms. The molecule has 1 heterocycles. The highest BCUT2D eigenvalue weighted by atomic mass is 32.2. The normalized spacial score (nSPS) is 20.6. The van der Waals surface area contributed by atoms with Crippen molar-refractivity contribution in [2.75, 3.05) is 0 Å². The number of nitrogens with two attached hydrogens (primary N) is 1. The molecule has 0 bridgehead atoms. The summed E-state index contributed by atoms with van der Waals surface area (Å²) in [5.74, 6) is 0.466. The minimum Gasteiger partial charge on any atom is -0.386 e. The average molecular weight is 305 g/mol. The van der Waals surface area contributed by atoms with Crippen LogP contribution in [0.25, 0.3) is 0 Å². The van der Waals surface area contributed by atoms with Crippen molar-refractivity contribution < 1.29 is 0 Å². The number of nitriles is 1. The zero-order valence-corrected chi connectivity index (χ0v) is 13.0. The first-order valence-corrected chi connectivity index (χ1v) is 7.76. The molecule has 2 N–H and O–H groups in total. The summed E-state index contributed by atoms with van der Waals surface area (Å²) in [6.45, 7) is 1.96. The maximum Gasteiger partial charge on any atom is 0.118 e. The van der Waals surface area contributed by atoms with Crippen LogP contribution in [0.15, 0.2) is 81.2 Å². The van der Waals surface area contributed by atoms with Crippen LogP contribution in [0.5, 0.6) is 0 Å². The molecule has 1 aliphatic heterocycles. The first-order chi connectivity index (χ1) is 10.7. The first-order valence-electron chi connectivity index (χ1n) is 6.94. The van der Waals surface area contributed by atoms with E-state index in [2.05, 4.69) is 11.1 Å². The van der Waals surface area contributed by atoms with Gasteiger partial charge in [-0.15, -0.1) is 0 Å². The molecule has 3 nitrogen and oxygen atoms in total. The SMILES string of the molecule is C[C@]1(c2ccccc2)C(N)=NC(Sc2ccccc2)=C1C#N. The summed E-state index contributed by atoms with van der Waals surface area (Å²) in [6, 6.07) is 22.0. The maximum atomic E-state index is 9.68. The van der Waals surface area contributed by atoms with E-state index in [9.17, 15) is 5.26 Å². The minimum absolute atomic E-state index is 0.466. The van der Waals surface area contributed by atoms with E-state index in [1.54, 1.807) is 0 Å². The van der Waals surface area contributed by atoms with Gasteiger partial charge in [-0.05, 0) is 24.6 Å². The summed E-state index contributed by atoms with van der Waals surface area (Å²) in [4.78, 5) is 5.52. The standard InChI is InChI=1S/C18H15N3S/c1-18(13-8-4-2-5-9-13)15(12-19)16(21-17(18)20)22-14-10-6-3-7-11-14/h2-11H,1H3,(H2,20,21)/t18-/m1/s1. The van der Waals surface area contributed by atoms with Crippen LogP contribution in [0.2, 0.25) is 0 Å². The van der Waals surface area contributed by atoms with Crippen LogP contribution in [0.1, 0.15) is 12.5 Å². The summed E-state index contributed by atoms with van der Waals surface area (Å²) in [7, 11) is 0. The molecule has 0 fully saturated rings. The lowest BCUT2D eigenvalue weighted by molar-refractivity contribution is 0.782. The quantitative estimate of drug-likeness (QED) is 0.937. The molecule has 3 rings (SSSR count). The van der Waals surface area contributed by atoms with E-state index in [0.29, 0.717) is 16.4 Å². The van der Waals surface area contributed by atoms with Crippen molar-refractivity contribution in [1.82, 2.24) is 0 Å². The highest BCUT2D eigenvalue weighted by Gasteiger charge is 2.42. The van der Waals surface area contributed by atoms with Crippen molar-refractivity contribution >= 4 is 17.6 Å². The molecular formula is C18H15N3S. The molecule has 0 spiro atoms. The summed E-state index contributed by atoms with van der Waals surface area (Å²) in [5.41, 5.74) is 7.12. The fraction of sp³-hybridized carbons (Fsp3) is 0.111. The van der Waals surface area contributed by atoms with E-state index in [0.717, 1.165) is 10.5 Å². The third-order valence-corrected chi connectivity index (χ3v) is 4.87. The molecule has 1 atom stereocenters. The van der Waals surface area contributed by atoms with E-state index >= 15 is 0 Å². The van der Waals surface area contributed by atoms with Crippen LogP contribution in [0.3, 0.4) is 0 Å². The molecule has 0 unspecified atom stereocenters. The molecule has 0 radical (unpaired) electrons. The van der Waals surface area contributed by atoms with Gasteiger partial charge in [-0.1, -0.05) is 60.3 Å². The Labute approximate surface area is 134 Å². The Balaban J connectivity index is 2.07. The van der Waals surface area contributed by atoms with Gasteiger partial charge < -0.3 is 5.73 Å². The fourth-order valence-corrected chi connectivity index (χ4v) is 3.53. The molecule has 0 aromatic heterocycles. The lowest BCUT2D eigenvalue weighted by atomic mass is 9.77. The number of rotatable bonds is 3. The molecule has 2 aromatic rings. The highest BCUT2D eigenvalue weighted by molar-refractivity contribution is 8.03. The molecule has 2 aromatic carbocycles. The number of thioether (sulfide) groups is 1. The predicted octanol–water partition coefficient (Wildman–Crippen LogP) is 3.84. The van der Waals surface area contributed by atoms with E-state index in [4.69, 9.17) is 5.73 Å². The van der Waals surface area contributed by atoms with Gasteiger partial charge in [0, 0.05) is 4.90 Å². The number of amidine groups is 1. The van der Waals surface area contributed by atoms with E-state index in [-0.39, 0.29) is 0 Å². The van der Waals surface area contributed by atoms with Gasteiger partial charge in [-0.2, -0.15) is 5.26 Å². The van der Waals surface area contributed by atoms with E-state index in [1.807, 2.05) is 67.6 Å². The van der Waals surface area contributed by atoms with Crippen molar-refractivity contribution in [2.45, 2.75) is 17.2 Å². The van der Waals surface area contributed by atoms with Gasteiger partial charge >= 0.3 is 0 Å². The van der Waals surface area contributed by atoms with E-state index < -0.39 is 5.41 Å². The van der Waals surface area contributed by atoms with Crippen LogP contribution in [-0.4, -0.2) is 5.84 Å². The summed E-state index contributed by atoms with van der Waals surface area (Å²) < 4.78 is 0. The zero-order valence-electron chi connectivity index (χ0n) is 12.2. The Kier molecular flexibility index (Phi) is 3.74. The number of aliphatic imine (C=N–C) groups is 1. The smallest absolute Gasteiger partial charge is 0.118 e. The second-order valence-corrected chi connectivity index (χ2v) is 6.26. The van der Waals surface area contributed by atoms with Crippen molar-refractivity contribution in [1.29, 1.82) is 5.26 Å². The van der Waals surface area contributed by atoms with Crippen molar-refractivity contribution in [2.24, 2.45) is 10.7 Å². The zero-order chi connectivity index (χ0) is 15.6. The van der Waals surface area contributed by atoms with Crippen LogP contribution < -0.4 is 5.73 Å². The molecule has 0 saturated carbocycles. The van der Waals surface area contributed by atoms with Crippen LogP contribution in [0, 0.1) is 11.3 Å². The van der Waals surface area contributed by atoms with Crippen LogP contribution in [-0.2, 0) is 5.41 Å². The first kappa shape index (κ1) is 14.4. The lowest BCUT2D eigenvalue weighted by Crippen LogP contribution is -2.37. The fourth-order valence-electron chi connectivity index (χ4n) is 2.52. The number of hydrogen-bond acceptors (Lipinski definition) is 4. The van der Waals surface area contributed by atoms with Gasteiger partial charge in [0.1, 0.15) is 10.9 Å². The van der Waals surface area contributed by atoms with Crippen molar-refractivity contribution in [3.63, 3.8) is 0 Å². The van der Waals surface area contributed by atoms with Crippen molar-refractivity contribution in [3.05, 3.63) is 76.8 Å². The van der Waals surface area contributed by atoms with Gasteiger partial charge in [-0.25, -0.2) is 4.99 Å². The molecule has 0 saturated heterocycles. The second kappa shape index (κ2) is 5.70. The Morgan fingerprint density at radius 2 is 1.64 bits per heavy atom. The Bertz CT molecular complexity index is 788. The Morgan fingerprint density at radius 3 is 2.23 bits per heavy atom. The van der Waals surface area contributed by atoms with Gasteiger partial charge in [0.25, 0.3) is 0 Å². The molecule has 108 valence electrons. The summed E-state index contributed by atoms with van der Waals surface area (Å²) >= 11 is 1.47. The predicted molar refractivity (Wildman–Crippen MR) is 90.4 cm³/mol. The van der Waals surface area contributed by atoms with E-state index in [1.165, 1.54) is 11.8 Å². The molecular weight excluding hydrogens is 290 g/mol. The Hall–Kier alpha value is -2.51. The monoisotopic (exact) mass is 305 g/mol. The summed E-state index contributed by atoms with van der Waals surface area (Å²) in [6.07, 6.45) is 0. The number of nitrogens with zero attached hydrogens (tertiary/aromatic N) is 2. The minimum atomic E-state index is -0.660. The number of hydrogen-bond donors (Lipinski definition) is 1. The lowest BCUT2D eigenvalue weighted by Gasteiger charge is -2.25. The van der Waals surface area contributed by atoms with Gasteiger partial charge in [0.15, 0.2) is 0 Å². The number of benzene rings is 2. The second-order valence-electron chi connectivity index (χ2n) is 5.20. The molecule has 4 heteroatoms.